The summed E-state index contributed by atoms with van der Waals surface area (Å²) >= 11 is 0. The molecule has 0 saturated carbocycles. The minimum absolute atomic E-state index is 0. The molecule has 0 atom stereocenters. The predicted molar refractivity (Wildman–Crippen MR) is 17.1 cm³/mol. The number of carbonyl (C=O) groups is 1. The monoisotopic (exact) mass is 165 g/mol. The van der Waals surface area contributed by atoms with Gasteiger partial charge in [0.25, 0.3) is 0 Å². The third-order valence-corrected chi connectivity index (χ3v) is 0. The van der Waals surface area contributed by atoms with E-state index in [0.717, 1.165) is 0 Å². The maximum absolute atomic E-state index is 8.44. The van der Waals surface area contributed by atoms with Crippen LogP contribution >= 0.6 is 0 Å². The number of hydrogen-bond acceptors (Lipinski definition) is 3. The van der Waals surface area contributed by atoms with Gasteiger partial charge in [-0.15, -0.1) is 0 Å². The molecule has 0 rings (SSSR count). The molecular weight excluding hydrogens is 164 g/mol. The van der Waals surface area contributed by atoms with Crippen molar-refractivity contribution in [3.05, 3.63) is 5.41 Å². The zero-order valence-electron chi connectivity index (χ0n) is 5.12. The van der Waals surface area contributed by atoms with E-state index in [2.05, 4.69) is 0 Å². The first-order chi connectivity index (χ1) is 3.15. The van der Waals surface area contributed by atoms with Crippen molar-refractivity contribution in [3.63, 3.8) is 0 Å². The van der Waals surface area contributed by atoms with Crippen molar-refractivity contribution in [3.8, 4) is 0 Å². The molecule has 7 heteroatoms. The largest absolute Gasteiger partial charge is 1.00 e. The molecule has 5 nitrogen and oxygen atoms in total. The molecule has 0 aromatic carbocycles. The van der Waals surface area contributed by atoms with Gasteiger partial charge in [-0.1, -0.05) is 0 Å². The van der Waals surface area contributed by atoms with Gasteiger partial charge in [-0.05, 0) is 6.08 Å². The Bertz CT molecular complexity index is 86.6. The second-order valence-corrected chi connectivity index (χ2v) is 0.357. The fourth-order valence-corrected chi connectivity index (χ4v) is 0. The van der Waals surface area contributed by atoms with Crippen LogP contribution in [0.1, 0.15) is 0 Å². The Morgan fingerprint density at radius 1 is 1.67 bits per heavy atom. The van der Waals surface area contributed by atoms with Crippen LogP contribution in [-0.4, -0.2) is 17.3 Å². The van der Waals surface area contributed by atoms with Crippen LogP contribution in [0.15, 0.2) is 0 Å². The van der Waals surface area contributed by atoms with Gasteiger partial charge in [0.1, 0.15) is 0 Å². The summed E-state index contributed by atoms with van der Waals surface area (Å²) < 4.78 is 0. The normalized spacial score (nSPS) is 3.56. The fourth-order valence-electron chi connectivity index (χ4n) is 0. The molecule has 0 aliphatic heterocycles. The van der Waals surface area contributed by atoms with Gasteiger partial charge < -0.3 is 20.4 Å². The predicted octanol–water partition coefficient (Wildman–Crippen LogP) is -7.21. The maximum Gasteiger partial charge on any atom is 1.00 e. The van der Waals surface area contributed by atoms with Gasteiger partial charge >= 0.3 is 80.9 Å². The smallest absolute Gasteiger partial charge is 0.724 e. The van der Waals surface area contributed by atoms with E-state index in [0.29, 0.717) is 6.08 Å². The van der Waals surface area contributed by atoms with Gasteiger partial charge in [0.15, 0.2) is 0 Å². The van der Waals surface area contributed by atoms with Crippen molar-refractivity contribution in [1.29, 1.82) is 0 Å². The average Bonchev–Trinajstić information content (AvgIpc) is 1.33. The standard InChI is InChI=1S/CNO.CH2O3.K.Na/c2-1-3;2-1(3)4;;/h;(H2,2,3,4);;/q-1;;2*+1/p-1. The number of hydrogen-bond donors (Lipinski definition) is 1. The molecule has 0 aliphatic carbocycles. The number of rotatable bonds is 0. The third-order valence-electron chi connectivity index (χ3n) is 0. The third kappa shape index (κ3) is 298. The quantitative estimate of drug-likeness (QED) is 0.219. The van der Waals surface area contributed by atoms with Crippen LogP contribution in [0.25, 0.3) is 5.41 Å². The van der Waals surface area contributed by atoms with E-state index in [1.807, 2.05) is 0 Å². The van der Waals surface area contributed by atoms with E-state index < -0.39 is 6.16 Å². The van der Waals surface area contributed by atoms with Crippen LogP contribution in [0.3, 0.4) is 0 Å². The molecule has 0 spiro atoms. The van der Waals surface area contributed by atoms with E-state index in [-0.39, 0.29) is 80.9 Å². The Morgan fingerprint density at radius 2 is 1.67 bits per heavy atom. The van der Waals surface area contributed by atoms with Gasteiger partial charge in [-0.25, -0.2) is 0 Å². The van der Waals surface area contributed by atoms with Gasteiger partial charge in [0.05, 0.1) is 0 Å². The van der Waals surface area contributed by atoms with Crippen molar-refractivity contribution in [2.24, 2.45) is 0 Å². The molecule has 1 N–H and O–H groups in total. The molecule has 0 saturated heterocycles. The minimum atomic E-state index is -2.08. The van der Waals surface area contributed by atoms with E-state index in [1.165, 1.54) is 0 Å². The Balaban J connectivity index is -0.0000000233. The molecule has 9 heavy (non-hydrogen) atoms. The first kappa shape index (κ1) is 22.4. The Hall–Kier alpha value is 1.29. The molecule has 0 heterocycles. The van der Waals surface area contributed by atoms with Crippen molar-refractivity contribution < 1.29 is 101 Å². The van der Waals surface area contributed by atoms with Gasteiger partial charge in [-0.2, -0.15) is 0 Å². The second-order valence-electron chi connectivity index (χ2n) is 0.357. The first-order valence-electron chi connectivity index (χ1n) is 1.06. The summed E-state index contributed by atoms with van der Waals surface area (Å²) in [6.45, 7) is 0. The van der Waals surface area contributed by atoms with Gasteiger partial charge in [0.2, 0.25) is 6.16 Å². The Labute approximate surface area is 116 Å². The van der Waals surface area contributed by atoms with Crippen LogP contribution in [-0.2, 0) is 4.79 Å². The second kappa shape index (κ2) is 22.8. The summed E-state index contributed by atoms with van der Waals surface area (Å²) in [6, 6.07) is 0. The summed E-state index contributed by atoms with van der Waals surface area (Å²) in [5, 5.41) is 22.1. The van der Waals surface area contributed by atoms with Crippen LogP contribution < -0.4 is 86.0 Å². The number of isocyanates is 1. The fraction of sp³-hybridized carbons (Fsp3) is 0. The summed E-state index contributed by atoms with van der Waals surface area (Å²) in [5.41, 5.74) is 0. The van der Waals surface area contributed by atoms with E-state index in [1.54, 1.807) is 0 Å². The maximum atomic E-state index is 8.44. The zero-order chi connectivity index (χ0) is 6.28. The molecule has 0 amide bonds. The summed E-state index contributed by atoms with van der Waals surface area (Å²) in [7, 11) is 0. The van der Waals surface area contributed by atoms with Crippen LogP contribution in [0, 0.1) is 0 Å². The van der Waals surface area contributed by atoms with Crippen molar-refractivity contribution >= 4 is 12.2 Å². The van der Waals surface area contributed by atoms with Crippen molar-refractivity contribution in [1.82, 2.24) is 0 Å². The number of carboxylic acid groups (broad SMARTS) is 2. The SMILES string of the molecule is O=C([O-])O.[K+].[N-]=C=O.[Na+]. The molecular formula is C2HKNNaO4. The molecule has 0 radical (unpaired) electrons. The topological polar surface area (TPSA) is 99.7 Å². The van der Waals surface area contributed by atoms with Crippen molar-refractivity contribution in [2.75, 3.05) is 0 Å². The Morgan fingerprint density at radius 3 is 1.67 bits per heavy atom. The van der Waals surface area contributed by atoms with Crippen LogP contribution in [0.5, 0.6) is 0 Å². The van der Waals surface area contributed by atoms with Crippen LogP contribution in [0.2, 0.25) is 0 Å². The molecule has 0 unspecified atom stereocenters. The molecule has 0 bridgehead atoms. The first-order valence-corrected chi connectivity index (χ1v) is 1.06. The molecule has 40 valence electrons. The Kier molecular flexibility index (Phi) is 56.9. The molecule has 0 aromatic rings. The van der Waals surface area contributed by atoms with Gasteiger partial charge in [-0.3, -0.25) is 4.79 Å². The van der Waals surface area contributed by atoms with E-state index >= 15 is 0 Å². The minimum Gasteiger partial charge on any atom is -0.724 e. The van der Waals surface area contributed by atoms with Gasteiger partial charge in [0, 0.05) is 0 Å². The summed E-state index contributed by atoms with van der Waals surface area (Å²) in [6.07, 6.45) is -1.58. The number of nitrogens with zero attached hydrogens (tertiary/aromatic N) is 1. The van der Waals surface area contributed by atoms with E-state index in [4.69, 9.17) is 25.2 Å². The molecule has 0 aromatic heterocycles. The summed E-state index contributed by atoms with van der Waals surface area (Å²) in [5.74, 6) is 0. The van der Waals surface area contributed by atoms with Crippen molar-refractivity contribution in [2.45, 2.75) is 0 Å². The van der Waals surface area contributed by atoms with Crippen LogP contribution in [0.4, 0.5) is 4.79 Å². The number of carbonyl (C=O) groups excluding carboxylic acids is 1. The molecule has 0 aliphatic rings. The van der Waals surface area contributed by atoms with E-state index in [9.17, 15) is 0 Å². The average molecular weight is 165 g/mol. The summed E-state index contributed by atoms with van der Waals surface area (Å²) in [4.78, 5) is 16.7. The zero-order valence-corrected chi connectivity index (χ0v) is 10.2. The molecule has 0 fully saturated rings.